The van der Waals surface area contributed by atoms with E-state index in [-0.39, 0.29) is 6.42 Å². The minimum atomic E-state index is -2.26. The molecule has 0 spiro atoms. The molecule has 0 bridgehead atoms. The van der Waals surface area contributed by atoms with Crippen LogP contribution in [0.1, 0.15) is 12.0 Å². The first-order valence-electron chi connectivity index (χ1n) is 5.74. The predicted molar refractivity (Wildman–Crippen MR) is 63.5 cm³/mol. The Kier molecular flexibility index (Phi) is 2.24. The maximum atomic E-state index is 11.0. The molecule has 98 valence electrons. The van der Waals surface area contributed by atoms with Gasteiger partial charge in [0.2, 0.25) is 0 Å². The van der Waals surface area contributed by atoms with Crippen molar-refractivity contribution in [3.05, 3.63) is 68.3 Å². The third kappa shape index (κ3) is 1.48. The largest absolute Gasteiger partial charge is 0.480 e. The number of hydrogen-bond acceptors (Lipinski definition) is 5. The van der Waals surface area contributed by atoms with Gasteiger partial charge >= 0.3 is 5.66 Å². The van der Waals surface area contributed by atoms with Gasteiger partial charge in [0.1, 0.15) is 28.0 Å². The van der Waals surface area contributed by atoms with Crippen LogP contribution in [-0.4, -0.2) is 21.6 Å². The van der Waals surface area contributed by atoms with Gasteiger partial charge in [-0.3, -0.25) is 20.2 Å². The normalized spacial score (nSPS) is 30.4. The molecule has 1 aliphatic heterocycles. The molecule has 0 aromatic heterocycles. The summed E-state index contributed by atoms with van der Waals surface area (Å²) in [6.45, 7) is 0. The molecule has 7 heteroatoms. The lowest BCUT2D eigenvalue weighted by Crippen LogP contribution is -2.48. The van der Waals surface area contributed by atoms with E-state index in [9.17, 15) is 20.2 Å². The molecule has 19 heavy (non-hydrogen) atoms. The smallest absolute Gasteiger partial charge is 0.356 e. The maximum Gasteiger partial charge on any atom is 0.480 e. The van der Waals surface area contributed by atoms with Crippen LogP contribution in [0, 0.1) is 20.2 Å². The zero-order valence-electron chi connectivity index (χ0n) is 9.76. The Morgan fingerprint density at radius 3 is 2.26 bits per heavy atom. The van der Waals surface area contributed by atoms with E-state index < -0.39 is 27.2 Å². The molecule has 2 aliphatic rings. The minimum absolute atomic E-state index is 0.252. The van der Waals surface area contributed by atoms with E-state index >= 15 is 0 Å². The van der Waals surface area contributed by atoms with Gasteiger partial charge in [-0.2, -0.15) is 0 Å². The van der Waals surface area contributed by atoms with Gasteiger partial charge in [-0.15, -0.1) is 0 Å². The Morgan fingerprint density at radius 2 is 1.74 bits per heavy atom. The number of benzene rings is 1. The Balaban J connectivity index is 1.99. The van der Waals surface area contributed by atoms with Gasteiger partial charge in [0.25, 0.3) is 0 Å². The fourth-order valence-corrected chi connectivity index (χ4v) is 2.53. The molecule has 1 aliphatic carbocycles. The van der Waals surface area contributed by atoms with Crippen LogP contribution in [0.5, 0.6) is 0 Å². The fraction of sp³-hybridized carbons (Fsp3) is 0.333. The highest BCUT2D eigenvalue weighted by Gasteiger charge is 2.70. The van der Waals surface area contributed by atoms with Crippen LogP contribution in [0.3, 0.4) is 0 Å². The van der Waals surface area contributed by atoms with E-state index in [1.165, 1.54) is 6.08 Å². The molecule has 0 radical (unpaired) electrons. The Bertz CT molecular complexity index is 571. The molecule has 2 atom stereocenters. The number of rotatable bonds is 3. The van der Waals surface area contributed by atoms with Crippen molar-refractivity contribution in [1.82, 2.24) is 0 Å². The van der Waals surface area contributed by atoms with Crippen molar-refractivity contribution >= 4 is 0 Å². The number of nitro groups is 2. The van der Waals surface area contributed by atoms with Crippen LogP contribution in [0.2, 0.25) is 0 Å². The monoisotopic (exact) mass is 262 g/mol. The van der Waals surface area contributed by atoms with Gasteiger partial charge in [0.05, 0.1) is 6.08 Å². The third-order valence-electron chi connectivity index (χ3n) is 3.70. The van der Waals surface area contributed by atoms with E-state index in [4.69, 9.17) is 4.74 Å². The quantitative estimate of drug-likeness (QED) is 0.270. The van der Waals surface area contributed by atoms with Crippen LogP contribution in [0.4, 0.5) is 0 Å². The first-order chi connectivity index (χ1) is 9.01. The molecule has 1 aromatic carbocycles. The molecule has 1 saturated heterocycles. The molecule has 3 rings (SSSR count). The SMILES string of the molecule is O=[N+]([O-])C1([N+](=O)[O-])C=CC2(c3ccccc3)OC2C1. The molecule has 1 aromatic rings. The van der Waals surface area contributed by atoms with Gasteiger partial charge < -0.3 is 4.74 Å². The highest BCUT2D eigenvalue weighted by Crippen LogP contribution is 2.54. The summed E-state index contributed by atoms with van der Waals surface area (Å²) in [6, 6.07) is 9.20. The second kappa shape index (κ2) is 3.61. The lowest BCUT2D eigenvalue weighted by atomic mass is 9.84. The summed E-state index contributed by atoms with van der Waals surface area (Å²) in [5.74, 6) is 0. The lowest BCUT2D eigenvalue weighted by Gasteiger charge is -2.18. The van der Waals surface area contributed by atoms with E-state index in [1.807, 2.05) is 30.3 Å². The van der Waals surface area contributed by atoms with Crippen molar-refractivity contribution in [2.24, 2.45) is 0 Å². The zero-order chi connectivity index (χ0) is 13.7. The second-order valence-corrected chi connectivity index (χ2v) is 4.70. The molecular weight excluding hydrogens is 252 g/mol. The van der Waals surface area contributed by atoms with Crippen LogP contribution in [0.25, 0.3) is 0 Å². The molecule has 0 amide bonds. The standard InChI is InChI=1S/C12H10N2O5/c15-13(16)11(14(17)18)6-7-12(10(8-11)19-12)9-4-2-1-3-5-9/h1-7,10H,8H2. The van der Waals surface area contributed by atoms with E-state index in [0.29, 0.717) is 0 Å². The number of nitrogens with zero attached hydrogens (tertiary/aromatic N) is 2. The summed E-state index contributed by atoms with van der Waals surface area (Å²) < 4.78 is 5.51. The van der Waals surface area contributed by atoms with Gasteiger partial charge in [-0.05, 0) is 11.6 Å². The van der Waals surface area contributed by atoms with Crippen LogP contribution in [0.15, 0.2) is 42.5 Å². The van der Waals surface area contributed by atoms with Gasteiger partial charge in [0, 0.05) is 0 Å². The predicted octanol–water partition coefficient (Wildman–Crippen LogP) is 1.49. The zero-order valence-corrected chi connectivity index (χ0v) is 9.76. The fourth-order valence-electron chi connectivity index (χ4n) is 2.53. The molecule has 0 saturated carbocycles. The molecule has 7 nitrogen and oxygen atoms in total. The van der Waals surface area contributed by atoms with Crippen molar-refractivity contribution in [3.8, 4) is 0 Å². The average Bonchev–Trinajstić information content (AvgIpc) is 3.13. The molecule has 1 fully saturated rings. The number of ether oxygens (including phenoxy) is 1. The highest BCUT2D eigenvalue weighted by molar-refractivity contribution is 5.38. The molecule has 0 N–H and O–H groups in total. The summed E-state index contributed by atoms with van der Waals surface area (Å²) in [4.78, 5) is 20.2. The lowest BCUT2D eigenvalue weighted by molar-refractivity contribution is -0.782. The van der Waals surface area contributed by atoms with E-state index in [0.717, 1.165) is 11.6 Å². The van der Waals surface area contributed by atoms with Crippen molar-refractivity contribution in [3.63, 3.8) is 0 Å². The third-order valence-corrected chi connectivity index (χ3v) is 3.70. The minimum Gasteiger partial charge on any atom is -0.356 e. The Morgan fingerprint density at radius 1 is 1.11 bits per heavy atom. The molecule has 2 unspecified atom stereocenters. The van der Waals surface area contributed by atoms with E-state index in [2.05, 4.69) is 0 Å². The average molecular weight is 262 g/mol. The second-order valence-electron chi connectivity index (χ2n) is 4.70. The van der Waals surface area contributed by atoms with Crippen LogP contribution < -0.4 is 0 Å². The van der Waals surface area contributed by atoms with Crippen LogP contribution in [-0.2, 0) is 10.3 Å². The number of epoxide rings is 1. The Hall–Kier alpha value is -2.28. The first kappa shape index (κ1) is 11.8. The summed E-state index contributed by atoms with van der Waals surface area (Å²) in [5, 5.41) is 22.0. The Labute approximate surface area is 107 Å². The summed E-state index contributed by atoms with van der Waals surface area (Å²) in [6.07, 6.45) is 1.72. The topological polar surface area (TPSA) is 98.8 Å². The number of fused-ring (bicyclic) bond motifs is 1. The number of hydrogen-bond donors (Lipinski definition) is 0. The molecular formula is C12H10N2O5. The highest BCUT2D eigenvalue weighted by atomic mass is 16.7. The molecule has 1 heterocycles. The van der Waals surface area contributed by atoms with Crippen molar-refractivity contribution < 1.29 is 14.6 Å². The van der Waals surface area contributed by atoms with Gasteiger partial charge in [-0.1, -0.05) is 30.3 Å². The van der Waals surface area contributed by atoms with Crippen LogP contribution >= 0.6 is 0 Å². The summed E-state index contributed by atoms with van der Waals surface area (Å²) in [7, 11) is 0. The van der Waals surface area contributed by atoms with Crippen molar-refractivity contribution in [2.45, 2.75) is 23.8 Å². The maximum absolute atomic E-state index is 11.0. The summed E-state index contributed by atoms with van der Waals surface area (Å²) >= 11 is 0. The first-order valence-corrected chi connectivity index (χ1v) is 5.74. The summed E-state index contributed by atoms with van der Waals surface area (Å²) in [5.41, 5.74) is -2.13. The van der Waals surface area contributed by atoms with Gasteiger partial charge in [0.15, 0.2) is 0 Å². The van der Waals surface area contributed by atoms with E-state index in [1.54, 1.807) is 0 Å². The van der Waals surface area contributed by atoms with Crippen molar-refractivity contribution in [1.29, 1.82) is 0 Å². The van der Waals surface area contributed by atoms with Gasteiger partial charge in [-0.25, -0.2) is 0 Å². The van der Waals surface area contributed by atoms with Crippen molar-refractivity contribution in [2.75, 3.05) is 0 Å².